The van der Waals surface area contributed by atoms with Gasteiger partial charge < -0.3 is 16.0 Å². The zero-order valence-corrected chi connectivity index (χ0v) is 12.8. The molecule has 1 aromatic heterocycles. The molecule has 2 aliphatic heterocycles. The van der Waals surface area contributed by atoms with E-state index in [1.165, 1.54) is 11.1 Å². The lowest BCUT2D eigenvalue weighted by Gasteiger charge is -2.32. The number of nitrogens with zero attached hydrogens (tertiary/aromatic N) is 3. The first kappa shape index (κ1) is 13.7. The summed E-state index contributed by atoms with van der Waals surface area (Å²) in [7, 11) is 1.66. The van der Waals surface area contributed by atoms with Gasteiger partial charge in [0.05, 0.1) is 11.8 Å². The first-order valence-electron chi connectivity index (χ1n) is 6.81. The molecule has 1 unspecified atom stereocenters. The number of halogens is 1. The van der Waals surface area contributed by atoms with Crippen molar-refractivity contribution in [1.29, 1.82) is 5.26 Å². The van der Waals surface area contributed by atoms with Gasteiger partial charge in [-0.1, -0.05) is 11.6 Å². The largest absolute Gasteiger partial charge is 0.384 e. The van der Waals surface area contributed by atoms with Crippen molar-refractivity contribution in [2.45, 2.75) is 5.41 Å². The molecule has 0 bridgehead atoms. The molecule has 1 atom stereocenters. The van der Waals surface area contributed by atoms with Gasteiger partial charge in [-0.05, 0) is 18.2 Å². The number of nitriles is 1. The van der Waals surface area contributed by atoms with Crippen LogP contribution in [-0.4, -0.2) is 23.2 Å². The average Bonchev–Trinajstić information content (AvgIpc) is 3.06. The number of carbonyl (C=O) groups excluding carboxylic acids is 1. The number of amides is 1. The fourth-order valence-corrected chi connectivity index (χ4v) is 3.59. The number of rotatable bonds is 0. The molecule has 0 radical (unpaired) electrons. The molecule has 2 aliphatic rings. The second-order valence-electron chi connectivity index (χ2n) is 5.46. The monoisotopic (exact) mass is 326 g/mol. The van der Waals surface area contributed by atoms with Gasteiger partial charge >= 0.3 is 0 Å². The van der Waals surface area contributed by atoms with E-state index in [4.69, 9.17) is 17.3 Å². The summed E-state index contributed by atoms with van der Waals surface area (Å²) in [6.07, 6.45) is 1.54. The van der Waals surface area contributed by atoms with Crippen molar-refractivity contribution in [3.63, 3.8) is 0 Å². The Kier molecular flexibility index (Phi) is 2.54. The lowest BCUT2D eigenvalue weighted by molar-refractivity contribution is -0.120. The Bertz CT molecular complexity index is 940. The standard InChI is InChI=1S/C15H11ClN6O/c1-22-11-3-2-7(16)4-8(11)15(14(22)23)9(5-17)12(18)20-13-10(15)6-19-21-13/h2-4,6H,18H2,1H3,(H2,19,20,21). The number of fused-ring (bicyclic) bond motifs is 4. The minimum atomic E-state index is -1.33. The van der Waals surface area contributed by atoms with Crippen LogP contribution in [0.5, 0.6) is 0 Å². The summed E-state index contributed by atoms with van der Waals surface area (Å²) < 4.78 is 0. The third-order valence-corrected chi connectivity index (χ3v) is 4.64. The normalized spacial score (nSPS) is 22.0. The second kappa shape index (κ2) is 4.27. The molecular formula is C15H11ClN6O. The van der Waals surface area contributed by atoms with Crippen molar-refractivity contribution >= 4 is 29.0 Å². The van der Waals surface area contributed by atoms with Crippen LogP contribution in [0.25, 0.3) is 0 Å². The highest BCUT2D eigenvalue weighted by Crippen LogP contribution is 2.54. The zero-order valence-electron chi connectivity index (χ0n) is 12.0. The number of nitrogens with two attached hydrogens (primary N) is 1. The summed E-state index contributed by atoms with van der Waals surface area (Å²) >= 11 is 6.15. The molecule has 0 saturated carbocycles. The first-order chi connectivity index (χ1) is 11.0. The van der Waals surface area contributed by atoms with E-state index in [0.29, 0.717) is 27.7 Å². The van der Waals surface area contributed by atoms with Crippen LogP contribution in [0.1, 0.15) is 11.1 Å². The van der Waals surface area contributed by atoms with E-state index >= 15 is 0 Å². The smallest absolute Gasteiger partial charge is 0.247 e. The maximum Gasteiger partial charge on any atom is 0.247 e. The number of aromatic amines is 1. The summed E-state index contributed by atoms with van der Waals surface area (Å²) in [5, 5.41) is 19.8. The molecule has 8 heteroatoms. The van der Waals surface area contributed by atoms with Crippen LogP contribution in [0.2, 0.25) is 5.02 Å². The maximum absolute atomic E-state index is 13.2. The van der Waals surface area contributed by atoms with E-state index in [2.05, 4.69) is 21.6 Å². The summed E-state index contributed by atoms with van der Waals surface area (Å²) in [6.45, 7) is 0. The Morgan fingerprint density at radius 3 is 2.96 bits per heavy atom. The number of benzene rings is 1. The predicted octanol–water partition coefficient (Wildman–Crippen LogP) is 1.44. The lowest BCUT2D eigenvalue weighted by atomic mass is 9.69. The summed E-state index contributed by atoms with van der Waals surface area (Å²) in [5.74, 6) is 0.355. The van der Waals surface area contributed by atoms with E-state index in [9.17, 15) is 10.1 Å². The van der Waals surface area contributed by atoms with Crippen LogP contribution in [0, 0.1) is 11.3 Å². The molecule has 23 heavy (non-hydrogen) atoms. The van der Waals surface area contributed by atoms with Crippen LogP contribution >= 0.6 is 11.6 Å². The highest BCUT2D eigenvalue weighted by atomic mass is 35.5. The van der Waals surface area contributed by atoms with E-state index < -0.39 is 5.41 Å². The maximum atomic E-state index is 13.2. The number of anilines is 2. The lowest BCUT2D eigenvalue weighted by Crippen LogP contribution is -2.45. The molecule has 0 fully saturated rings. The Morgan fingerprint density at radius 1 is 1.43 bits per heavy atom. The van der Waals surface area contributed by atoms with Gasteiger partial charge in [0.15, 0.2) is 0 Å². The Morgan fingerprint density at radius 2 is 2.22 bits per heavy atom. The number of nitrogens with one attached hydrogen (secondary N) is 2. The van der Waals surface area contributed by atoms with Gasteiger partial charge in [-0.2, -0.15) is 10.4 Å². The van der Waals surface area contributed by atoms with Gasteiger partial charge in [0.25, 0.3) is 0 Å². The van der Waals surface area contributed by atoms with Gasteiger partial charge in [-0.25, -0.2) is 0 Å². The molecule has 4 N–H and O–H groups in total. The molecule has 114 valence electrons. The average molecular weight is 327 g/mol. The molecule has 1 amide bonds. The van der Waals surface area contributed by atoms with Crippen LogP contribution < -0.4 is 16.0 Å². The van der Waals surface area contributed by atoms with Crippen molar-refractivity contribution in [3.8, 4) is 6.07 Å². The summed E-state index contributed by atoms with van der Waals surface area (Å²) in [4.78, 5) is 14.7. The fraction of sp³-hybridized carbons (Fsp3) is 0.133. The molecule has 2 aromatic rings. The summed E-state index contributed by atoms with van der Waals surface area (Å²) in [6, 6.07) is 7.26. The molecule has 0 aliphatic carbocycles. The molecule has 1 aromatic carbocycles. The Hall–Kier alpha value is -2.98. The molecule has 3 heterocycles. The number of hydrogen-bond donors (Lipinski definition) is 3. The molecule has 4 rings (SSSR count). The fourth-order valence-electron chi connectivity index (χ4n) is 3.42. The summed E-state index contributed by atoms with van der Waals surface area (Å²) in [5.41, 5.74) is 6.70. The van der Waals surface area contributed by atoms with Gasteiger partial charge in [0, 0.05) is 28.9 Å². The van der Waals surface area contributed by atoms with Gasteiger partial charge in [-0.3, -0.25) is 9.89 Å². The van der Waals surface area contributed by atoms with E-state index in [0.717, 1.165) is 0 Å². The van der Waals surface area contributed by atoms with Crippen molar-refractivity contribution in [2.24, 2.45) is 5.73 Å². The Balaban J connectivity index is 2.18. The van der Waals surface area contributed by atoms with E-state index in [1.807, 2.05) is 0 Å². The van der Waals surface area contributed by atoms with Gasteiger partial charge in [0.2, 0.25) is 5.91 Å². The van der Waals surface area contributed by atoms with E-state index in [-0.39, 0.29) is 17.3 Å². The van der Waals surface area contributed by atoms with Gasteiger partial charge in [-0.15, -0.1) is 0 Å². The SMILES string of the molecule is CN1C(=O)C2(C(C#N)=C(N)Nc3[nH]ncc32)c2cc(Cl)ccc21. The highest BCUT2D eigenvalue weighted by molar-refractivity contribution is 6.31. The molecular weight excluding hydrogens is 316 g/mol. The quantitative estimate of drug-likeness (QED) is 0.678. The van der Waals surface area contributed by atoms with Crippen LogP contribution in [0.15, 0.2) is 35.8 Å². The van der Waals surface area contributed by atoms with Crippen LogP contribution in [0.3, 0.4) is 0 Å². The number of aromatic nitrogens is 2. The Labute approximate surface area is 136 Å². The number of likely N-dealkylation sites (N-methyl/N-ethyl adjacent to an activating group) is 1. The van der Waals surface area contributed by atoms with Crippen molar-refractivity contribution < 1.29 is 4.79 Å². The van der Waals surface area contributed by atoms with Crippen molar-refractivity contribution in [3.05, 3.63) is 51.9 Å². The minimum absolute atomic E-state index is 0.124. The minimum Gasteiger partial charge on any atom is -0.384 e. The molecule has 7 nitrogen and oxygen atoms in total. The first-order valence-corrected chi connectivity index (χ1v) is 7.19. The third-order valence-electron chi connectivity index (χ3n) is 4.41. The number of carbonyl (C=O) groups is 1. The van der Waals surface area contributed by atoms with Crippen LogP contribution in [-0.2, 0) is 10.2 Å². The van der Waals surface area contributed by atoms with Crippen molar-refractivity contribution in [2.75, 3.05) is 17.3 Å². The predicted molar refractivity (Wildman–Crippen MR) is 84.7 cm³/mol. The zero-order chi connectivity index (χ0) is 16.4. The third kappa shape index (κ3) is 1.43. The van der Waals surface area contributed by atoms with Gasteiger partial charge in [0.1, 0.15) is 23.1 Å². The van der Waals surface area contributed by atoms with Crippen LogP contribution in [0.4, 0.5) is 11.5 Å². The number of H-pyrrole nitrogens is 1. The van der Waals surface area contributed by atoms with E-state index in [1.54, 1.807) is 25.2 Å². The number of hydrogen-bond acceptors (Lipinski definition) is 5. The van der Waals surface area contributed by atoms with Crippen molar-refractivity contribution in [1.82, 2.24) is 10.2 Å². The topological polar surface area (TPSA) is 111 Å². The molecule has 1 spiro atoms. The second-order valence-corrected chi connectivity index (χ2v) is 5.90. The molecule has 0 saturated heterocycles. The highest BCUT2D eigenvalue weighted by Gasteiger charge is 2.58.